The molecule has 1 aliphatic rings. The van der Waals surface area contributed by atoms with E-state index in [4.69, 9.17) is 25.6 Å². The molecule has 1 aliphatic heterocycles. The van der Waals surface area contributed by atoms with Crippen molar-refractivity contribution in [2.24, 2.45) is 0 Å². The Morgan fingerprint density at radius 3 is 2.72 bits per heavy atom. The van der Waals surface area contributed by atoms with Gasteiger partial charge in [0.05, 0.1) is 12.2 Å². The predicted molar refractivity (Wildman–Crippen MR) is 103 cm³/mol. The number of nitrogens with zero attached hydrogens (tertiary/aromatic N) is 3. The number of aromatic nitrogens is 2. The monoisotopic (exact) mass is 413 g/mol. The number of para-hydroxylation sites is 2. The summed E-state index contributed by atoms with van der Waals surface area (Å²) < 4.78 is 16.1. The Morgan fingerprint density at radius 2 is 1.97 bits per heavy atom. The molecule has 0 radical (unpaired) electrons. The van der Waals surface area contributed by atoms with E-state index in [1.165, 1.54) is 11.8 Å². The molecule has 29 heavy (non-hydrogen) atoms. The van der Waals surface area contributed by atoms with Crippen LogP contribution in [0, 0.1) is 0 Å². The summed E-state index contributed by atoms with van der Waals surface area (Å²) >= 11 is 5.87. The average Bonchev–Trinajstić information content (AvgIpc) is 3.20. The maximum atomic E-state index is 12.5. The molecule has 1 atom stereocenters. The molecular formula is C20H16ClN3O5. The summed E-state index contributed by atoms with van der Waals surface area (Å²) in [5.41, 5.74) is 1.34. The zero-order chi connectivity index (χ0) is 20.4. The molecule has 2 aromatic carbocycles. The number of carbonyl (C=O) groups excluding carboxylic acids is 2. The highest BCUT2D eigenvalue weighted by Gasteiger charge is 2.33. The summed E-state index contributed by atoms with van der Waals surface area (Å²) in [7, 11) is 0. The molecule has 2 heterocycles. The van der Waals surface area contributed by atoms with Crippen LogP contribution in [0.3, 0.4) is 0 Å². The fourth-order valence-corrected chi connectivity index (χ4v) is 3.04. The van der Waals surface area contributed by atoms with Crippen LogP contribution in [0.2, 0.25) is 5.02 Å². The number of anilines is 1. The first-order chi connectivity index (χ1) is 14.0. The van der Waals surface area contributed by atoms with Crippen LogP contribution in [-0.2, 0) is 20.9 Å². The Balaban J connectivity index is 1.41. The van der Waals surface area contributed by atoms with E-state index >= 15 is 0 Å². The molecule has 0 saturated heterocycles. The summed E-state index contributed by atoms with van der Waals surface area (Å²) in [5, 5.41) is 4.46. The summed E-state index contributed by atoms with van der Waals surface area (Å²) in [4.78, 5) is 30.1. The van der Waals surface area contributed by atoms with Crippen molar-refractivity contribution in [2.45, 2.75) is 19.6 Å². The third-order valence-corrected chi connectivity index (χ3v) is 4.58. The molecule has 0 spiro atoms. The van der Waals surface area contributed by atoms with Gasteiger partial charge in [-0.15, -0.1) is 0 Å². The highest BCUT2D eigenvalue weighted by atomic mass is 35.5. The molecule has 3 aromatic rings. The van der Waals surface area contributed by atoms with Gasteiger partial charge in [0.2, 0.25) is 17.8 Å². The third kappa shape index (κ3) is 4.07. The Kier molecular flexibility index (Phi) is 5.18. The molecule has 0 saturated carbocycles. The zero-order valence-electron chi connectivity index (χ0n) is 15.4. The number of carbonyl (C=O) groups is 2. The van der Waals surface area contributed by atoms with E-state index in [0.717, 1.165) is 5.56 Å². The number of halogens is 1. The maximum absolute atomic E-state index is 12.5. The summed E-state index contributed by atoms with van der Waals surface area (Å²) in [6.07, 6.45) is -0.951. The number of amides is 1. The van der Waals surface area contributed by atoms with Gasteiger partial charge in [-0.05, 0) is 36.4 Å². The van der Waals surface area contributed by atoms with Crippen LogP contribution in [0.5, 0.6) is 5.75 Å². The van der Waals surface area contributed by atoms with Crippen LogP contribution in [0.25, 0.3) is 11.4 Å². The highest BCUT2D eigenvalue weighted by molar-refractivity contribution is 6.30. The van der Waals surface area contributed by atoms with Crippen molar-refractivity contribution in [1.82, 2.24) is 10.1 Å². The Labute approximate surface area is 171 Å². The van der Waals surface area contributed by atoms with Gasteiger partial charge in [0.15, 0.2) is 6.61 Å². The minimum atomic E-state index is -0.951. The Hall–Kier alpha value is -3.39. The molecule has 0 N–H and O–H groups in total. The molecule has 0 unspecified atom stereocenters. The Morgan fingerprint density at radius 1 is 1.21 bits per heavy atom. The van der Waals surface area contributed by atoms with Gasteiger partial charge in [-0.3, -0.25) is 4.79 Å². The van der Waals surface area contributed by atoms with Gasteiger partial charge < -0.3 is 18.9 Å². The number of ether oxygens (including phenoxy) is 2. The van der Waals surface area contributed by atoms with Gasteiger partial charge in [0.1, 0.15) is 5.75 Å². The molecule has 0 aliphatic carbocycles. The number of hydrogen-bond acceptors (Lipinski definition) is 7. The standard InChI is InChI=1S/C20H16ClN3O5/c1-12(25)24-10-17(28-16-5-3-2-4-15(16)24)20(26)27-11-18-22-19(23-29-18)13-6-8-14(21)9-7-13/h2-9,17H,10-11H2,1H3/t17-/m0/s1. The first kappa shape index (κ1) is 18.9. The lowest BCUT2D eigenvalue weighted by Gasteiger charge is -2.32. The van der Waals surface area contributed by atoms with Gasteiger partial charge in [-0.2, -0.15) is 4.98 Å². The SMILES string of the molecule is CC(=O)N1C[C@@H](C(=O)OCc2nc(-c3ccc(Cl)cc3)no2)Oc2ccccc21. The van der Waals surface area contributed by atoms with E-state index in [-0.39, 0.29) is 24.9 Å². The van der Waals surface area contributed by atoms with Gasteiger partial charge in [0.25, 0.3) is 5.89 Å². The van der Waals surface area contributed by atoms with Crippen molar-refractivity contribution in [3.8, 4) is 17.1 Å². The summed E-state index contributed by atoms with van der Waals surface area (Å²) in [5.74, 6) is 0.125. The van der Waals surface area contributed by atoms with Crippen LogP contribution in [0.4, 0.5) is 5.69 Å². The maximum Gasteiger partial charge on any atom is 0.349 e. The van der Waals surface area contributed by atoms with Crippen LogP contribution >= 0.6 is 11.6 Å². The summed E-state index contributed by atoms with van der Waals surface area (Å²) in [6, 6.07) is 14.0. The zero-order valence-corrected chi connectivity index (χ0v) is 16.1. The lowest BCUT2D eigenvalue weighted by atomic mass is 10.2. The smallest absolute Gasteiger partial charge is 0.349 e. The van der Waals surface area contributed by atoms with Gasteiger partial charge in [0, 0.05) is 17.5 Å². The van der Waals surface area contributed by atoms with Crippen LogP contribution < -0.4 is 9.64 Å². The summed E-state index contributed by atoms with van der Waals surface area (Å²) in [6.45, 7) is 1.28. The number of hydrogen-bond donors (Lipinski definition) is 0. The first-order valence-corrected chi connectivity index (χ1v) is 9.18. The minimum absolute atomic E-state index is 0.0606. The fourth-order valence-electron chi connectivity index (χ4n) is 2.91. The van der Waals surface area contributed by atoms with E-state index in [9.17, 15) is 9.59 Å². The number of benzene rings is 2. The van der Waals surface area contributed by atoms with E-state index in [2.05, 4.69) is 10.1 Å². The van der Waals surface area contributed by atoms with E-state index in [1.54, 1.807) is 48.5 Å². The largest absolute Gasteiger partial charge is 0.475 e. The van der Waals surface area contributed by atoms with Gasteiger partial charge in [-0.1, -0.05) is 28.9 Å². The van der Waals surface area contributed by atoms with Crippen molar-refractivity contribution in [1.29, 1.82) is 0 Å². The second-order valence-electron chi connectivity index (χ2n) is 6.33. The normalized spacial score (nSPS) is 15.4. The number of esters is 1. The fraction of sp³-hybridized carbons (Fsp3) is 0.200. The van der Waals surface area contributed by atoms with E-state index < -0.39 is 12.1 Å². The topological polar surface area (TPSA) is 94.8 Å². The molecule has 4 rings (SSSR count). The molecule has 148 valence electrons. The quantitative estimate of drug-likeness (QED) is 0.606. The first-order valence-electron chi connectivity index (χ1n) is 8.80. The molecule has 8 nitrogen and oxygen atoms in total. The second-order valence-corrected chi connectivity index (χ2v) is 6.77. The third-order valence-electron chi connectivity index (χ3n) is 4.33. The predicted octanol–water partition coefficient (Wildman–Crippen LogP) is 3.25. The van der Waals surface area contributed by atoms with E-state index in [0.29, 0.717) is 22.3 Å². The van der Waals surface area contributed by atoms with Crippen LogP contribution in [0.15, 0.2) is 53.1 Å². The second kappa shape index (κ2) is 7.92. The average molecular weight is 414 g/mol. The van der Waals surface area contributed by atoms with Crippen molar-refractivity contribution < 1.29 is 23.6 Å². The van der Waals surface area contributed by atoms with Crippen LogP contribution in [0.1, 0.15) is 12.8 Å². The molecule has 9 heteroatoms. The highest BCUT2D eigenvalue weighted by Crippen LogP contribution is 2.33. The number of rotatable bonds is 4. The van der Waals surface area contributed by atoms with Gasteiger partial charge in [-0.25, -0.2) is 4.79 Å². The molecule has 1 aromatic heterocycles. The number of fused-ring (bicyclic) bond motifs is 1. The van der Waals surface area contributed by atoms with Crippen molar-refractivity contribution in [2.75, 3.05) is 11.4 Å². The lowest BCUT2D eigenvalue weighted by Crippen LogP contribution is -2.47. The molecular weight excluding hydrogens is 398 g/mol. The van der Waals surface area contributed by atoms with Crippen molar-refractivity contribution >= 4 is 29.2 Å². The minimum Gasteiger partial charge on any atom is -0.475 e. The van der Waals surface area contributed by atoms with Crippen molar-refractivity contribution in [3.63, 3.8) is 0 Å². The lowest BCUT2D eigenvalue weighted by molar-refractivity contribution is -0.154. The van der Waals surface area contributed by atoms with E-state index in [1.807, 2.05) is 0 Å². The molecule has 0 fully saturated rings. The van der Waals surface area contributed by atoms with Gasteiger partial charge >= 0.3 is 5.97 Å². The molecule has 0 bridgehead atoms. The molecule has 1 amide bonds. The van der Waals surface area contributed by atoms with Crippen molar-refractivity contribution in [3.05, 3.63) is 59.4 Å². The van der Waals surface area contributed by atoms with Crippen LogP contribution in [-0.4, -0.2) is 34.7 Å². The Bertz CT molecular complexity index is 1050.